The van der Waals surface area contributed by atoms with Crippen LogP contribution in [0.5, 0.6) is 0 Å². The summed E-state index contributed by atoms with van der Waals surface area (Å²) in [5.74, 6) is 0.994. The highest BCUT2D eigenvalue weighted by Crippen LogP contribution is 2.35. The van der Waals surface area contributed by atoms with Crippen LogP contribution in [0.1, 0.15) is 17.1 Å². The molecule has 0 saturated heterocycles. The minimum Gasteiger partial charge on any atom is -0.390 e. The van der Waals surface area contributed by atoms with Crippen molar-refractivity contribution in [1.82, 2.24) is 14.5 Å². The normalized spacial score (nSPS) is 12.8. The first-order chi connectivity index (χ1) is 12.4. The van der Waals surface area contributed by atoms with Crippen LogP contribution >= 0.6 is 0 Å². The van der Waals surface area contributed by atoms with E-state index in [0.717, 1.165) is 52.2 Å². The maximum absolute atomic E-state index is 10.1. The molecule has 1 aliphatic rings. The highest BCUT2D eigenvalue weighted by Gasteiger charge is 2.26. The van der Waals surface area contributed by atoms with Crippen LogP contribution in [-0.4, -0.2) is 19.6 Å². The van der Waals surface area contributed by atoms with E-state index >= 15 is 0 Å². The van der Waals surface area contributed by atoms with Crippen molar-refractivity contribution in [3.63, 3.8) is 0 Å². The van der Waals surface area contributed by atoms with E-state index in [-0.39, 0.29) is 6.61 Å². The van der Waals surface area contributed by atoms with Gasteiger partial charge in [-0.1, -0.05) is 48.5 Å². The molecule has 0 amide bonds. The van der Waals surface area contributed by atoms with Gasteiger partial charge in [0.2, 0.25) is 0 Å². The second-order valence-corrected chi connectivity index (χ2v) is 6.33. The Balaban J connectivity index is 1.85. The van der Waals surface area contributed by atoms with Crippen molar-refractivity contribution in [2.45, 2.75) is 19.4 Å². The third-order valence-corrected chi connectivity index (χ3v) is 4.91. The van der Waals surface area contributed by atoms with Gasteiger partial charge in [-0.3, -0.25) is 9.55 Å². The maximum Gasteiger partial charge on any atom is 0.114 e. The number of aromatic nitrogens is 3. The van der Waals surface area contributed by atoms with E-state index in [2.05, 4.69) is 27.8 Å². The van der Waals surface area contributed by atoms with Gasteiger partial charge in [-0.05, 0) is 18.1 Å². The monoisotopic (exact) mass is 327 g/mol. The van der Waals surface area contributed by atoms with Gasteiger partial charge >= 0.3 is 0 Å². The maximum atomic E-state index is 10.1. The standard InChI is InChI=1S/C21H17N3O/c25-13-17-19(14-5-2-1-3-6-14)23-18-11-10-16-9-8-15-7-4-12-22-20(15)21(16)24(17)18/h1-9,12,25H,10-11,13H2. The number of hydrogen-bond acceptors (Lipinski definition) is 3. The largest absolute Gasteiger partial charge is 0.390 e. The molecule has 0 bridgehead atoms. The van der Waals surface area contributed by atoms with Crippen LogP contribution in [0.15, 0.2) is 60.8 Å². The van der Waals surface area contributed by atoms with Crippen molar-refractivity contribution in [1.29, 1.82) is 0 Å². The van der Waals surface area contributed by atoms with Crippen molar-refractivity contribution in [2.24, 2.45) is 0 Å². The molecule has 3 heterocycles. The average Bonchev–Trinajstić information content (AvgIpc) is 3.07. The number of pyridine rings is 1. The molecule has 0 radical (unpaired) electrons. The molecule has 0 fully saturated rings. The number of fused-ring (bicyclic) bond motifs is 5. The fraction of sp³-hybridized carbons (Fsp3) is 0.143. The number of aliphatic hydroxyl groups excluding tert-OH is 1. The van der Waals surface area contributed by atoms with Crippen molar-refractivity contribution < 1.29 is 5.11 Å². The summed E-state index contributed by atoms with van der Waals surface area (Å²) in [4.78, 5) is 9.49. The smallest absolute Gasteiger partial charge is 0.114 e. The molecule has 2 aromatic heterocycles. The minimum absolute atomic E-state index is 0.0557. The zero-order chi connectivity index (χ0) is 16.8. The third-order valence-electron chi connectivity index (χ3n) is 4.91. The van der Waals surface area contributed by atoms with Crippen LogP contribution < -0.4 is 0 Å². The molecule has 25 heavy (non-hydrogen) atoms. The number of hydrogen-bond donors (Lipinski definition) is 1. The van der Waals surface area contributed by atoms with Crippen LogP contribution in [0.4, 0.5) is 0 Å². The minimum atomic E-state index is -0.0557. The molecule has 0 aliphatic carbocycles. The van der Waals surface area contributed by atoms with Crippen LogP contribution in [0.3, 0.4) is 0 Å². The SMILES string of the molecule is OCc1c(-c2ccccc2)nc2n1-c1c(ccc3cccnc13)CC2. The van der Waals surface area contributed by atoms with Crippen molar-refractivity contribution >= 4 is 10.9 Å². The average molecular weight is 327 g/mol. The van der Waals surface area contributed by atoms with Gasteiger partial charge in [-0.25, -0.2) is 4.98 Å². The molecule has 4 aromatic rings. The Bertz CT molecular complexity index is 1080. The van der Waals surface area contributed by atoms with Crippen LogP contribution in [0.25, 0.3) is 27.8 Å². The summed E-state index contributed by atoms with van der Waals surface area (Å²) < 4.78 is 2.12. The lowest BCUT2D eigenvalue weighted by molar-refractivity contribution is 0.274. The van der Waals surface area contributed by atoms with Gasteiger partial charge in [-0.15, -0.1) is 0 Å². The van der Waals surface area contributed by atoms with E-state index in [0.29, 0.717) is 0 Å². The topological polar surface area (TPSA) is 50.9 Å². The van der Waals surface area contributed by atoms with Gasteiger partial charge in [0.25, 0.3) is 0 Å². The number of benzene rings is 2. The summed E-state index contributed by atoms with van der Waals surface area (Å²) in [5.41, 5.74) is 6.01. The van der Waals surface area contributed by atoms with Crippen LogP contribution in [0.2, 0.25) is 0 Å². The van der Waals surface area contributed by atoms with Gasteiger partial charge in [0, 0.05) is 23.6 Å². The van der Waals surface area contributed by atoms with E-state index in [1.165, 1.54) is 5.56 Å². The molecule has 5 rings (SSSR count). The van der Waals surface area contributed by atoms with Crippen molar-refractivity contribution in [3.8, 4) is 16.9 Å². The molecule has 0 atom stereocenters. The van der Waals surface area contributed by atoms with Crippen LogP contribution in [0, 0.1) is 0 Å². The van der Waals surface area contributed by atoms with E-state index in [1.807, 2.05) is 42.6 Å². The van der Waals surface area contributed by atoms with Gasteiger partial charge in [0.15, 0.2) is 0 Å². The first kappa shape index (κ1) is 14.4. The van der Waals surface area contributed by atoms with E-state index < -0.39 is 0 Å². The quantitative estimate of drug-likeness (QED) is 0.611. The summed E-state index contributed by atoms with van der Waals surface area (Å²) in [5, 5.41) is 11.2. The molecule has 1 aliphatic heterocycles. The summed E-state index contributed by atoms with van der Waals surface area (Å²) in [6, 6.07) is 18.4. The zero-order valence-corrected chi connectivity index (χ0v) is 13.7. The van der Waals surface area contributed by atoms with Crippen LogP contribution in [-0.2, 0) is 19.4 Å². The molecule has 1 N–H and O–H groups in total. The molecule has 0 spiro atoms. The fourth-order valence-corrected chi connectivity index (χ4v) is 3.78. The molecule has 4 heteroatoms. The first-order valence-electron chi connectivity index (χ1n) is 8.50. The Kier molecular flexibility index (Phi) is 3.18. The summed E-state index contributed by atoms with van der Waals surface area (Å²) >= 11 is 0. The number of aryl methyl sites for hydroxylation is 2. The molecule has 122 valence electrons. The van der Waals surface area contributed by atoms with E-state index in [9.17, 15) is 5.11 Å². The van der Waals surface area contributed by atoms with Gasteiger partial charge in [0.05, 0.1) is 29.2 Å². The Hall–Kier alpha value is -2.98. The Morgan fingerprint density at radius 1 is 0.960 bits per heavy atom. The Morgan fingerprint density at radius 2 is 1.84 bits per heavy atom. The molecule has 2 aromatic carbocycles. The summed E-state index contributed by atoms with van der Waals surface area (Å²) in [6.07, 6.45) is 3.63. The Morgan fingerprint density at radius 3 is 2.68 bits per heavy atom. The van der Waals surface area contributed by atoms with Gasteiger partial charge < -0.3 is 5.11 Å². The lowest BCUT2D eigenvalue weighted by atomic mass is 10.00. The fourth-order valence-electron chi connectivity index (χ4n) is 3.78. The second kappa shape index (κ2) is 5.53. The second-order valence-electron chi connectivity index (χ2n) is 6.33. The highest BCUT2D eigenvalue weighted by atomic mass is 16.3. The van der Waals surface area contributed by atoms with Crippen molar-refractivity contribution in [3.05, 3.63) is 77.9 Å². The third kappa shape index (κ3) is 2.11. The van der Waals surface area contributed by atoms with Gasteiger partial charge in [-0.2, -0.15) is 0 Å². The predicted octanol–water partition coefficient (Wildman–Crippen LogP) is 3.68. The molecule has 0 saturated carbocycles. The highest BCUT2D eigenvalue weighted by molar-refractivity contribution is 5.89. The number of nitrogens with zero attached hydrogens (tertiary/aromatic N) is 3. The summed E-state index contributed by atoms with van der Waals surface area (Å²) in [6.45, 7) is -0.0557. The number of aliphatic hydroxyl groups is 1. The zero-order valence-electron chi connectivity index (χ0n) is 13.7. The molecular weight excluding hydrogens is 310 g/mol. The van der Waals surface area contributed by atoms with Gasteiger partial charge in [0.1, 0.15) is 5.82 Å². The molecule has 4 nitrogen and oxygen atoms in total. The van der Waals surface area contributed by atoms with E-state index in [1.54, 1.807) is 0 Å². The Labute approximate surface area is 145 Å². The van der Waals surface area contributed by atoms with Crippen molar-refractivity contribution in [2.75, 3.05) is 0 Å². The lowest BCUT2D eigenvalue weighted by Gasteiger charge is -2.21. The molecular formula is C21H17N3O. The summed E-state index contributed by atoms with van der Waals surface area (Å²) in [7, 11) is 0. The number of rotatable bonds is 2. The predicted molar refractivity (Wildman–Crippen MR) is 97.6 cm³/mol. The molecule has 0 unspecified atom stereocenters. The number of imidazole rings is 1. The van der Waals surface area contributed by atoms with E-state index in [4.69, 9.17) is 4.98 Å². The first-order valence-corrected chi connectivity index (χ1v) is 8.50. The lowest BCUT2D eigenvalue weighted by Crippen LogP contribution is -2.15.